The minimum atomic E-state index is -0.276. The summed E-state index contributed by atoms with van der Waals surface area (Å²) in [6.07, 6.45) is 3.78. The highest BCUT2D eigenvalue weighted by molar-refractivity contribution is 5.96. The number of nitrogens with two attached hydrogens (primary N) is 1. The van der Waals surface area contributed by atoms with Crippen molar-refractivity contribution in [3.8, 4) is 0 Å². The minimum Gasteiger partial charge on any atom is -0.399 e. The molecule has 4 nitrogen and oxygen atoms in total. The molecule has 0 radical (unpaired) electrons. The van der Waals surface area contributed by atoms with Gasteiger partial charge in [0, 0.05) is 23.7 Å². The van der Waals surface area contributed by atoms with Crippen LogP contribution < -0.4 is 11.1 Å². The van der Waals surface area contributed by atoms with Crippen LogP contribution in [0, 0.1) is 12.8 Å². The highest BCUT2D eigenvalue weighted by Crippen LogP contribution is 2.23. The van der Waals surface area contributed by atoms with Crippen LogP contribution >= 0.6 is 0 Å². The van der Waals surface area contributed by atoms with Gasteiger partial charge >= 0.3 is 0 Å². The fourth-order valence-corrected chi connectivity index (χ4v) is 2.69. The summed E-state index contributed by atoms with van der Waals surface area (Å²) in [5, 5.41) is 12.8. The van der Waals surface area contributed by atoms with Crippen LogP contribution in [0.25, 0.3) is 0 Å². The second-order valence-corrected chi connectivity index (χ2v) is 5.40. The lowest BCUT2D eigenvalue weighted by Gasteiger charge is -2.27. The van der Waals surface area contributed by atoms with E-state index in [0.29, 0.717) is 17.8 Å². The van der Waals surface area contributed by atoms with Gasteiger partial charge < -0.3 is 16.2 Å². The first-order chi connectivity index (χ1) is 9.08. The Bertz CT molecular complexity index is 459. The van der Waals surface area contributed by atoms with Gasteiger partial charge in [-0.2, -0.15) is 0 Å². The molecule has 1 aromatic rings. The fourth-order valence-electron chi connectivity index (χ4n) is 2.69. The van der Waals surface area contributed by atoms with Gasteiger partial charge in [-0.3, -0.25) is 4.79 Å². The Kier molecular flexibility index (Phi) is 4.43. The summed E-state index contributed by atoms with van der Waals surface area (Å²) in [5.74, 6) is 0.0991. The normalized spacial score (nSPS) is 23.1. The number of anilines is 1. The largest absolute Gasteiger partial charge is 0.399 e. The number of carbonyl (C=O) groups is 1. The van der Waals surface area contributed by atoms with Gasteiger partial charge in [-0.05, 0) is 43.5 Å². The van der Waals surface area contributed by atoms with E-state index in [1.165, 1.54) is 0 Å². The number of amides is 1. The van der Waals surface area contributed by atoms with E-state index >= 15 is 0 Å². The Labute approximate surface area is 114 Å². The Morgan fingerprint density at radius 3 is 2.84 bits per heavy atom. The molecule has 1 aliphatic carbocycles. The van der Waals surface area contributed by atoms with E-state index in [9.17, 15) is 9.90 Å². The van der Waals surface area contributed by atoms with E-state index in [4.69, 9.17) is 5.73 Å². The number of aryl methyl sites for hydroxylation is 1. The summed E-state index contributed by atoms with van der Waals surface area (Å²) in [6, 6.07) is 5.28. The highest BCUT2D eigenvalue weighted by Gasteiger charge is 2.23. The lowest BCUT2D eigenvalue weighted by molar-refractivity contribution is 0.0663. The highest BCUT2D eigenvalue weighted by atomic mass is 16.3. The first-order valence-corrected chi connectivity index (χ1v) is 6.90. The predicted octanol–water partition coefficient (Wildman–Crippen LogP) is 1.86. The predicted molar refractivity (Wildman–Crippen MR) is 75.9 cm³/mol. The van der Waals surface area contributed by atoms with E-state index in [2.05, 4.69) is 5.32 Å². The number of nitrogens with one attached hydrogen (secondary N) is 1. The summed E-state index contributed by atoms with van der Waals surface area (Å²) in [6.45, 7) is 2.42. The zero-order chi connectivity index (χ0) is 13.8. The molecule has 0 aromatic heterocycles. The standard InChI is InChI=1S/C15H22N2O2/c1-10-8-12(16)6-7-13(10)15(19)17-9-11-4-2-3-5-14(11)18/h6-8,11,14,18H,2-5,9,16H2,1H3,(H,17,19). The van der Waals surface area contributed by atoms with E-state index < -0.39 is 0 Å². The third kappa shape index (κ3) is 3.47. The molecule has 4 heteroatoms. The lowest BCUT2D eigenvalue weighted by atomic mass is 9.86. The van der Waals surface area contributed by atoms with Crippen LogP contribution in [-0.4, -0.2) is 23.7 Å². The molecule has 2 rings (SSSR count). The summed E-state index contributed by atoms with van der Waals surface area (Å²) in [7, 11) is 0. The van der Waals surface area contributed by atoms with Crippen LogP contribution in [0.5, 0.6) is 0 Å². The van der Waals surface area contributed by atoms with Crippen LogP contribution in [0.3, 0.4) is 0 Å². The van der Waals surface area contributed by atoms with E-state index in [-0.39, 0.29) is 17.9 Å². The maximum atomic E-state index is 12.1. The van der Waals surface area contributed by atoms with Gasteiger partial charge in [0.1, 0.15) is 0 Å². The zero-order valence-corrected chi connectivity index (χ0v) is 11.4. The maximum absolute atomic E-state index is 12.1. The van der Waals surface area contributed by atoms with Crippen molar-refractivity contribution in [2.45, 2.75) is 38.7 Å². The van der Waals surface area contributed by atoms with Crippen molar-refractivity contribution >= 4 is 11.6 Å². The van der Waals surface area contributed by atoms with Gasteiger partial charge in [-0.15, -0.1) is 0 Å². The number of hydrogen-bond donors (Lipinski definition) is 3. The van der Waals surface area contributed by atoms with Gasteiger partial charge in [0.15, 0.2) is 0 Å². The molecular weight excluding hydrogens is 240 g/mol. The van der Waals surface area contributed by atoms with E-state index in [1.807, 2.05) is 6.92 Å². The Balaban J connectivity index is 1.93. The number of benzene rings is 1. The molecule has 4 N–H and O–H groups in total. The fraction of sp³-hybridized carbons (Fsp3) is 0.533. The van der Waals surface area contributed by atoms with Crippen LogP contribution in [0.2, 0.25) is 0 Å². The van der Waals surface area contributed by atoms with Gasteiger partial charge in [0.25, 0.3) is 5.91 Å². The molecule has 1 saturated carbocycles. The maximum Gasteiger partial charge on any atom is 0.251 e. The zero-order valence-electron chi connectivity index (χ0n) is 11.4. The van der Waals surface area contributed by atoms with Crippen molar-refractivity contribution in [3.05, 3.63) is 29.3 Å². The van der Waals surface area contributed by atoms with E-state index in [0.717, 1.165) is 31.2 Å². The third-order valence-corrected chi connectivity index (χ3v) is 3.89. The van der Waals surface area contributed by atoms with Crippen LogP contribution in [-0.2, 0) is 0 Å². The average Bonchev–Trinajstić information content (AvgIpc) is 2.37. The summed E-state index contributed by atoms with van der Waals surface area (Å²) in [5.41, 5.74) is 7.86. The van der Waals surface area contributed by atoms with E-state index in [1.54, 1.807) is 18.2 Å². The molecule has 19 heavy (non-hydrogen) atoms. The third-order valence-electron chi connectivity index (χ3n) is 3.89. The van der Waals surface area contributed by atoms with Crippen LogP contribution in [0.15, 0.2) is 18.2 Å². The Morgan fingerprint density at radius 1 is 1.42 bits per heavy atom. The molecule has 2 atom stereocenters. The Morgan fingerprint density at radius 2 is 2.16 bits per heavy atom. The minimum absolute atomic E-state index is 0.0877. The number of nitrogen functional groups attached to an aromatic ring is 1. The number of carbonyl (C=O) groups excluding carboxylic acids is 1. The first kappa shape index (κ1) is 13.9. The lowest BCUT2D eigenvalue weighted by Crippen LogP contribution is -2.36. The van der Waals surface area contributed by atoms with Crippen molar-refractivity contribution in [1.29, 1.82) is 0 Å². The van der Waals surface area contributed by atoms with Gasteiger partial charge in [0.2, 0.25) is 0 Å². The van der Waals surface area contributed by atoms with Gasteiger partial charge in [-0.1, -0.05) is 12.8 Å². The molecule has 0 saturated heterocycles. The molecule has 1 aromatic carbocycles. The number of aliphatic hydroxyl groups is 1. The summed E-state index contributed by atoms with van der Waals surface area (Å²) >= 11 is 0. The second-order valence-electron chi connectivity index (χ2n) is 5.40. The molecule has 0 bridgehead atoms. The molecule has 1 aliphatic rings. The quantitative estimate of drug-likeness (QED) is 0.728. The number of hydrogen-bond acceptors (Lipinski definition) is 3. The van der Waals surface area contributed by atoms with Crippen molar-refractivity contribution in [2.24, 2.45) is 5.92 Å². The first-order valence-electron chi connectivity index (χ1n) is 6.90. The molecule has 104 valence electrons. The van der Waals surface area contributed by atoms with Gasteiger partial charge in [-0.25, -0.2) is 0 Å². The van der Waals surface area contributed by atoms with Crippen molar-refractivity contribution in [1.82, 2.24) is 5.32 Å². The molecular formula is C15H22N2O2. The smallest absolute Gasteiger partial charge is 0.251 e. The average molecular weight is 262 g/mol. The van der Waals surface area contributed by atoms with Crippen LogP contribution in [0.4, 0.5) is 5.69 Å². The van der Waals surface area contributed by atoms with Crippen LogP contribution in [0.1, 0.15) is 41.6 Å². The molecule has 0 aliphatic heterocycles. The number of aliphatic hydroxyl groups excluding tert-OH is 1. The van der Waals surface area contributed by atoms with Crippen molar-refractivity contribution < 1.29 is 9.90 Å². The Hall–Kier alpha value is -1.55. The van der Waals surface area contributed by atoms with Crippen molar-refractivity contribution in [2.75, 3.05) is 12.3 Å². The summed E-state index contributed by atoms with van der Waals surface area (Å²) < 4.78 is 0. The molecule has 1 amide bonds. The topological polar surface area (TPSA) is 75.4 Å². The monoisotopic (exact) mass is 262 g/mol. The second kappa shape index (κ2) is 6.06. The molecule has 0 spiro atoms. The molecule has 1 fully saturated rings. The van der Waals surface area contributed by atoms with Crippen molar-refractivity contribution in [3.63, 3.8) is 0 Å². The number of rotatable bonds is 3. The molecule has 0 heterocycles. The SMILES string of the molecule is Cc1cc(N)ccc1C(=O)NCC1CCCCC1O. The van der Waals surface area contributed by atoms with Gasteiger partial charge in [0.05, 0.1) is 6.10 Å². The molecule has 2 unspecified atom stereocenters. The summed E-state index contributed by atoms with van der Waals surface area (Å²) in [4.78, 5) is 12.1.